The smallest absolute Gasteiger partial charge is 0.416 e. The van der Waals surface area contributed by atoms with E-state index in [4.69, 9.17) is 15.1 Å². The number of hydrogen-bond acceptors (Lipinski definition) is 3. The zero-order valence-electron chi connectivity index (χ0n) is 9.98. The molecule has 0 fully saturated rings. The molecule has 0 saturated carbocycles. The lowest BCUT2D eigenvalue weighted by Crippen LogP contribution is -2.05. The summed E-state index contributed by atoms with van der Waals surface area (Å²) in [6.07, 6.45) is -4.51. The second kappa shape index (κ2) is 5.13. The van der Waals surface area contributed by atoms with Crippen molar-refractivity contribution in [3.63, 3.8) is 0 Å². The summed E-state index contributed by atoms with van der Waals surface area (Å²) in [6, 6.07) is 9.94. The van der Waals surface area contributed by atoms with Gasteiger partial charge in [0, 0.05) is 0 Å². The lowest BCUT2D eigenvalue weighted by Gasteiger charge is -2.11. The molecule has 0 saturated heterocycles. The van der Waals surface area contributed by atoms with Gasteiger partial charge in [0.15, 0.2) is 0 Å². The molecule has 0 heterocycles. The number of nitriles is 1. The van der Waals surface area contributed by atoms with Crippen molar-refractivity contribution in [2.45, 2.75) is 6.18 Å². The van der Waals surface area contributed by atoms with Crippen molar-refractivity contribution in [1.82, 2.24) is 0 Å². The van der Waals surface area contributed by atoms with Gasteiger partial charge in [-0.2, -0.15) is 18.4 Å². The van der Waals surface area contributed by atoms with Crippen LogP contribution in [0.3, 0.4) is 0 Å². The zero-order chi connectivity index (χ0) is 14.8. The summed E-state index contributed by atoms with van der Waals surface area (Å²) in [5.41, 5.74) is -1.12. The second-order valence-electron chi connectivity index (χ2n) is 3.92. The predicted molar refractivity (Wildman–Crippen MR) is 64.3 cm³/mol. The Morgan fingerprint density at radius 1 is 1.05 bits per heavy atom. The van der Waals surface area contributed by atoms with Gasteiger partial charge in [0.2, 0.25) is 0 Å². The van der Waals surface area contributed by atoms with Gasteiger partial charge in [-0.1, -0.05) is 0 Å². The van der Waals surface area contributed by atoms with Crippen molar-refractivity contribution in [2.24, 2.45) is 0 Å². The van der Waals surface area contributed by atoms with Crippen molar-refractivity contribution < 1.29 is 23.0 Å². The number of halogens is 3. The number of hydrogen-bond donors (Lipinski definition) is 1. The lowest BCUT2D eigenvalue weighted by molar-refractivity contribution is -0.137. The average molecular weight is 279 g/mol. The van der Waals surface area contributed by atoms with Crippen LogP contribution in [0, 0.1) is 11.3 Å². The Morgan fingerprint density at radius 3 is 2.25 bits per heavy atom. The Hall–Kier alpha value is -2.68. The SMILES string of the molecule is N#Cc1cc(C(F)(F)F)ccc1Oc1ccc(O)cc1. The molecule has 0 unspecified atom stereocenters. The Labute approximate surface area is 112 Å². The normalized spacial score (nSPS) is 10.9. The van der Waals surface area contributed by atoms with Crippen LogP contribution in [0.5, 0.6) is 17.2 Å². The van der Waals surface area contributed by atoms with Gasteiger partial charge >= 0.3 is 6.18 Å². The van der Waals surface area contributed by atoms with Crippen molar-refractivity contribution in [3.8, 4) is 23.3 Å². The van der Waals surface area contributed by atoms with Crippen LogP contribution < -0.4 is 4.74 Å². The van der Waals surface area contributed by atoms with Crippen molar-refractivity contribution >= 4 is 0 Å². The summed E-state index contributed by atoms with van der Waals surface area (Å²) in [4.78, 5) is 0. The number of rotatable bonds is 2. The molecule has 0 atom stereocenters. The van der Waals surface area contributed by atoms with Crippen molar-refractivity contribution in [2.75, 3.05) is 0 Å². The first-order valence-corrected chi connectivity index (χ1v) is 5.48. The molecule has 6 heteroatoms. The molecule has 1 N–H and O–H groups in total. The third kappa shape index (κ3) is 3.01. The highest BCUT2D eigenvalue weighted by molar-refractivity contribution is 5.48. The average Bonchev–Trinajstić information content (AvgIpc) is 2.40. The highest BCUT2D eigenvalue weighted by Crippen LogP contribution is 2.34. The number of phenolic OH excluding ortho intramolecular Hbond substituents is 1. The highest BCUT2D eigenvalue weighted by Gasteiger charge is 2.31. The van der Waals surface area contributed by atoms with E-state index in [0.717, 1.165) is 18.2 Å². The Balaban J connectivity index is 2.33. The fraction of sp³-hybridized carbons (Fsp3) is 0.0714. The van der Waals surface area contributed by atoms with E-state index >= 15 is 0 Å². The van der Waals surface area contributed by atoms with E-state index in [0.29, 0.717) is 5.75 Å². The molecular weight excluding hydrogens is 271 g/mol. The quantitative estimate of drug-likeness (QED) is 0.901. The molecule has 2 aromatic rings. The van der Waals surface area contributed by atoms with Crippen LogP contribution in [0.4, 0.5) is 13.2 Å². The van der Waals surface area contributed by atoms with E-state index < -0.39 is 11.7 Å². The fourth-order valence-electron chi connectivity index (χ4n) is 1.52. The third-order valence-electron chi connectivity index (χ3n) is 2.49. The van der Waals surface area contributed by atoms with Gasteiger partial charge in [0.1, 0.15) is 23.3 Å². The predicted octanol–water partition coefficient (Wildman–Crippen LogP) is 4.07. The molecule has 0 aliphatic heterocycles. The standard InChI is InChI=1S/C14H8F3NO2/c15-14(16,17)10-1-6-13(9(7-10)8-18)20-12-4-2-11(19)3-5-12/h1-7,19H. The minimum absolute atomic E-state index is 0.0196. The number of aromatic hydroxyl groups is 1. The van der Waals surface area contributed by atoms with Gasteiger partial charge in [0.25, 0.3) is 0 Å². The first-order valence-electron chi connectivity index (χ1n) is 5.48. The van der Waals surface area contributed by atoms with Crippen LogP contribution in [0.2, 0.25) is 0 Å². The number of nitrogens with zero attached hydrogens (tertiary/aromatic N) is 1. The minimum atomic E-state index is -4.51. The molecular formula is C14H8F3NO2. The summed E-state index contributed by atoms with van der Waals surface area (Å²) in [5.74, 6) is 0.357. The molecule has 0 radical (unpaired) electrons. The minimum Gasteiger partial charge on any atom is -0.508 e. The van der Waals surface area contributed by atoms with E-state index in [1.54, 1.807) is 6.07 Å². The largest absolute Gasteiger partial charge is 0.508 e. The first-order chi connectivity index (χ1) is 9.40. The Kier molecular flexibility index (Phi) is 3.53. The van der Waals surface area contributed by atoms with Gasteiger partial charge in [0.05, 0.1) is 11.1 Å². The molecule has 0 amide bonds. The summed E-state index contributed by atoms with van der Waals surface area (Å²) < 4.78 is 42.9. The first kappa shape index (κ1) is 13.7. The maximum atomic E-state index is 12.5. The molecule has 0 spiro atoms. The molecule has 2 aromatic carbocycles. The van der Waals surface area contributed by atoms with Gasteiger partial charge in [-0.25, -0.2) is 0 Å². The van der Waals surface area contributed by atoms with Crippen LogP contribution in [-0.4, -0.2) is 5.11 Å². The van der Waals surface area contributed by atoms with Gasteiger partial charge in [-0.05, 0) is 42.5 Å². The fourth-order valence-corrected chi connectivity index (χ4v) is 1.52. The van der Waals surface area contributed by atoms with Crippen LogP contribution >= 0.6 is 0 Å². The van der Waals surface area contributed by atoms with Gasteiger partial charge in [-0.15, -0.1) is 0 Å². The van der Waals surface area contributed by atoms with Crippen molar-refractivity contribution in [1.29, 1.82) is 5.26 Å². The van der Waals surface area contributed by atoms with E-state index in [-0.39, 0.29) is 17.1 Å². The molecule has 0 aromatic heterocycles. The Bertz CT molecular complexity index is 658. The number of alkyl halides is 3. The van der Waals surface area contributed by atoms with Crippen LogP contribution in [0.15, 0.2) is 42.5 Å². The van der Waals surface area contributed by atoms with E-state index in [2.05, 4.69) is 0 Å². The maximum absolute atomic E-state index is 12.5. The van der Waals surface area contributed by atoms with E-state index in [1.165, 1.54) is 24.3 Å². The number of phenols is 1. The van der Waals surface area contributed by atoms with Gasteiger partial charge < -0.3 is 9.84 Å². The molecule has 0 bridgehead atoms. The molecule has 3 nitrogen and oxygen atoms in total. The van der Waals surface area contributed by atoms with E-state index in [9.17, 15) is 13.2 Å². The monoisotopic (exact) mass is 279 g/mol. The van der Waals surface area contributed by atoms with E-state index in [1.807, 2.05) is 0 Å². The van der Waals surface area contributed by atoms with Crippen LogP contribution in [0.25, 0.3) is 0 Å². The molecule has 0 aliphatic carbocycles. The van der Waals surface area contributed by atoms with Crippen molar-refractivity contribution in [3.05, 3.63) is 53.6 Å². The van der Waals surface area contributed by atoms with Crippen LogP contribution in [0.1, 0.15) is 11.1 Å². The highest BCUT2D eigenvalue weighted by atomic mass is 19.4. The lowest BCUT2D eigenvalue weighted by atomic mass is 10.1. The summed E-state index contributed by atoms with van der Waals surface area (Å²) in [6.45, 7) is 0. The molecule has 20 heavy (non-hydrogen) atoms. The zero-order valence-corrected chi connectivity index (χ0v) is 9.98. The third-order valence-corrected chi connectivity index (χ3v) is 2.49. The van der Waals surface area contributed by atoms with Crippen LogP contribution in [-0.2, 0) is 6.18 Å². The topological polar surface area (TPSA) is 53.2 Å². The second-order valence-corrected chi connectivity index (χ2v) is 3.92. The molecule has 0 aliphatic rings. The number of ether oxygens (including phenoxy) is 1. The molecule has 2 rings (SSSR count). The molecule has 102 valence electrons. The number of benzene rings is 2. The Morgan fingerprint density at radius 2 is 1.70 bits per heavy atom. The summed E-state index contributed by atoms with van der Waals surface area (Å²) in [5, 5.41) is 18.0. The maximum Gasteiger partial charge on any atom is 0.416 e. The van der Waals surface area contributed by atoms with Gasteiger partial charge in [-0.3, -0.25) is 0 Å². The summed E-state index contributed by atoms with van der Waals surface area (Å²) in [7, 11) is 0. The summed E-state index contributed by atoms with van der Waals surface area (Å²) >= 11 is 0.